The van der Waals surface area contributed by atoms with Gasteiger partial charge in [0.05, 0.1) is 6.10 Å². The SMILES string of the molecule is CC(NC(C)C(O)c1ccc(Cl)cc1)c1ccncc1. The minimum atomic E-state index is -0.573. The zero-order valence-electron chi connectivity index (χ0n) is 11.6. The number of rotatable bonds is 5. The minimum absolute atomic E-state index is 0.0701. The van der Waals surface area contributed by atoms with Crippen molar-refractivity contribution in [1.29, 1.82) is 0 Å². The number of aliphatic hydroxyl groups excluding tert-OH is 1. The highest BCUT2D eigenvalue weighted by Crippen LogP contribution is 2.21. The quantitative estimate of drug-likeness (QED) is 0.886. The molecule has 4 heteroatoms. The van der Waals surface area contributed by atoms with Crippen molar-refractivity contribution in [2.75, 3.05) is 0 Å². The predicted octanol–water partition coefficient (Wildman–Crippen LogP) is 3.51. The number of halogens is 1. The highest BCUT2D eigenvalue weighted by molar-refractivity contribution is 6.30. The van der Waals surface area contributed by atoms with Gasteiger partial charge in [-0.1, -0.05) is 23.7 Å². The molecule has 3 unspecified atom stereocenters. The van der Waals surface area contributed by atoms with E-state index in [4.69, 9.17) is 11.6 Å². The lowest BCUT2D eigenvalue weighted by Gasteiger charge is -2.25. The van der Waals surface area contributed by atoms with Gasteiger partial charge in [-0.15, -0.1) is 0 Å². The van der Waals surface area contributed by atoms with Gasteiger partial charge in [0, 0.05) is 29.5 Å². The number of aromatic nitrogens is 1. The number of aliphatic hydroxyl groups is 1. The second kappa shape index (κ2) is 6.84. The first-order valence-electron chi connectivity index (χ1n) is 6.67. The summed E-state index contributed by atoms with van der Waals surface area (Å²) in [5.74, 6) is 0. The fourth-order valence-corrected chi connectivity index (χ4v) is 2.31. The minimum Gasteiger partial charge on any atom is -0.387 e. The molecule has 0 spiro atoms. The van der Waals surface area contributed by atoms with Crippen molar-refractivity contribution >= 4 is 11.6 Å². The third-order valence-corrected chi connectivity index (χ3v) is 3.66. The van der Waals surface area contributed by atoms with Crippen LogP contribution in [0.1, 0.15) is 37.1 Å². The van der Waals surface area contributed by atoms with E-state index in [1.807, 2.05) is 31.2 Å². The van der Waals surface area contributed by atoms with E-state index < -0.39 is 6.10 Å². The normalized spacial score (nSPS) is 15.6. The van der Waals surface area contributed by atoms with Gasteiger partial charge < -0.3 is 10.4 Å². The van der Waals surface area contributed by atoms with Crippen LogP contribution in [0.4, 0.5) is 0 Å². The molecule has 0 amide bonds. The van der Waals surface area contributed by atoms with Crippen molar-refractivity contribution in [3.8, 4) is 0 Å². The van der Waals surface area contributed by atoms with Crippen LogP contribution in [0.25, 0.3) is 0 Å². The van der Waals surface area contributed by atoms with Crippen LogP contribution in [0.3, 0.4) is 0 Å². The first-order chi connectivity index (χ1) is 9.58. The number of benzene rings is 1. The van der Waals surface area contributed by atoms with Crippen molar-refractivity contribution in [2.24, 2.45) is 0 Å². The van der Waals surface area contributed by atoms with Crippen molar-refractivity contribution in [2.45, 2.75) is 32.0 Å². The van der Waals surface area contributed by atoms with E-state index in [2.05, 4.69) is 17.2 Å². The van der Waals surface area contributed by atoms with Crippen LogP contribution in [-0.2, 0) is 0 Å². The summed E-state index contributed by atoms with van der Waals surface area (Å²) in [5, 5.41) is 14.4. The number of nitrogens with zero attached hydrogens (tertiary/aromatic N) is 1. The van der Waals surface area contributed by atoms with Gasteiger partial charge in [-0.05, 0) is 49.2 Å². The fourth-order valence-electron chi connectivity index (χ4n) is 2.18. The number of nitrogens with one attached hydrogen (secondary N) is 1. The first-order valence-corrected chi connectivity index (χ1v) is 7.05. The van der Waals surface area contributed by atoms with Crippen LogP contribution in [0.5, 0.6) is 0 Å². The van der Waals surface area contributed by atoms with Gasteiger partial charge in [-0.3, -0.25) is 4.98 Å². The molecular formula is C16H19ClN2O. The standard InChI is InChI=1S/C16H19ClN2O/c1-11(13-7-9-18-10-8-13)19-12(2)16(20)14-3-5-15(17)6-4-14/h3-12,16,19-20H,1-2H3. The molecule has 2 N–H and O–H groups in total. The lowest BCUT2D eigenvalue weighted by atomic mass is 10.0. The molecule has 3 nitrogen and oxygen atoms in total. The Labute approximate surface area is 124 Å². The Morgan fingerprint density at radius 3 is 2.20 bits per heavy atom. The third-order valence-electron chi connectivity index (χ3n) is 3.40. The van der Waals surface area contributed by atoms with Crippen LogP contribution in [0, 0.1) is 0 Å². The molecule has 20 heavy (non-hydrogen) atoms. The lowest BCUT2D eigenvalue weighted by molar-refractivity contribution is 0.130. The van der Waals surface area contributed by atoms with Crippen LogP contribution in [0.2, 0.25) is 5.02 Å². The molecule has 0 fully saturated rings. The Bertz CT molecular complexity index is 530. The van der Waals surface area contributed by atoms with Crippen LogP contribution >= 0.6 is 11.6 Å². The molecule has 1 heterocycles. The molecule has 2 aromatic rings. The summed E-state index contributed by atoms with van der Waals surface area (Å²) in [5.41, 5.74) is 2.01. The monoisotopic (exact) mass is 290 g/mol. The molecule has 106 valence electrons. The average molecular weight is 291 g/mol. The lowest BCUT2D eigenvalue weighted by Crippen LogP contribution is -2.34. The Hall–Kier alpha value is -1.42. The van der Waals surface area contributed by atoms with E-state index in [1.54, 1.807) is 24.5 Å². The average Bonchev–Trinajstić information content (AvgIpc) is 2.48. The van der Waals surface area contributed by atoms with Gasteiger partial charge >= 0.3 is 0 Å². The summed E-state index contributed by atoms with van der Waals surface area (Å²) in [4.78, 5) is 4.01. The van der Waals surface area contributed by atoms with Gasteiger partial charge in [0.1, 0.15) is 0 Å². The van der Waals surface area contributed by atoms with Gasteiger partial charge in [-0.25, -0.2) is 0 Å². The Balaban J connectivity index is 2.00. The zero-order valence-corrected chi connectivity index (χ0v) is 12.4. The van der Waals surface area contributed by atoms with Crippen LogP contribution < -0.4 is 5.32 Å². The predicted molar refractivity (Wildman–Crippen MR) is 81.7 cm³/mol. The molecule has 0 radical (unpaired) electrons. The highest BCUT2D eigenvalue weighted by atomic mass is 35.5. The second-order valence-corrected chi connectivity index (χ2v) is 5.39. The smallest absolute Gasteiger partial charge is 0.0940 e. The third kappa shape index (κ3) is 3.79. The van der Waals surface area contributed by atoms with Crippen molar-refractivity contribution in [3.05, 3.63) is 64.9 Å². The largest absolute Gasteiger partial charge is 0.387 e. The van der Waals surface area contributed by atoms with Crippen molar-refractivity contribution < 1.29 is 5.11 Å². The summed E-state index contributed by atoms with van der Waals surface area (Å²) in [7, 11) is 0. The maximum Gasteiger partial charge on any atom is 0.0940 e. The van der Waals surface area contributed by atoms with Gasteiger partial charge in [0.25, 0.3) is 0 Å². The molecule has 0 saturated carbocycles. The zero-order chi connectivity index (χ0) is 14.5. The maximum atomic E-state index is 10.4. The van der Waals surface area contributed by atoms with Gasteiger partial charge in [0.15, 0.2) is 0 Å². The van der Waals surface area contributed by atoms with E-state index in [0.717, 1.165) is 11.1 Å². The molecule has 1 aromatic heterocycles. The van der Waals surface area contributed by atoms with Crippen LogP contribution in [0.15, 0.2) is 48.8 Å². The van der Waals surface area contributed by atoms with Gasteiger partial charge in [-0.2, -0.15) is 0 Å². The second-order valence-electron chi connectivity index (χ2n) is 4.95. The first kappa shape index (κ1) is 15.0. The number of hydrogen-bond donors (Lipinski definition) is 2. The number of pyridine rings is 1. The van der Waals surface area contributed by atoms with E-state index in [0.29, 0.717) is 5.02 Å². The van der Waals surface area contributed by atoms with E-state index >= 15 is 0 Å². The molecule has 0 aliphatic rings. The Morgan fingerprint density at radius 1 is 1.00 bits per heavy atom. The highest BCUT2D eigenvalue weighted by Gasteiger charge is 2.18. The van der Waals surface area contributed by atoms with Crippen LogP contribution in [-0.4, -0.2) is 16.1 Å². The summed E-state index contributed by atoms with van der Waals surface area (Å²) >= 11 is 5.86. The van der Waals surface area contributed by atoms with Crippen molar-refractivity contribution in [1.82, 2.24) is 10.3 Å². The summed E-state index contributed by atoms with van der Waals surface area (Å²) in [6, 6.07) is 11.3. The Morgan fingerprint density at radius 2 is 1.60 bits per heavy atom. The van der Waals surface area contributed by atoms with E-state index in [-0.39, 0.29) is 12.1 Å². The molecule has 0 aliphatic heterocycles. The van der Waals surface area contributed by atoms with Crippen molar-refractivity contribution in [3.63, 3.8) is 0 Å². The Kier molecular flexibility index (Phi) is 5.12. The maximum absolute atomic E-state index is 10.4. The summed E-state index contributed by atoms with van der Waals surface area (Å²) < 4.78 is 0. The molecular weight excluding hydrogens is 272 g/mol. The fraction of sp³-hybridized carbons (Fsp3) is 0.312. The van der Waals surface area contributed by atoms with Gasteiger partial charge in [0.2, 0.25) is 0 Å². The summed E-state index contributed by atoms with van der Waals surface area (Å²) in [6.07, 6.45) is 2.97. The molecule has 0 bridgehead atoms. The van der Waals surface area contributed by atoms with E-state index in [1.165, 1.54) is 0 Å². The molecule has 2 rings (SSSR count). The summed E-state index contributed by atoms with van der Waals surface area (Å²) in [6.45, 7) is 4.04. The molecule has 3 atom stereocenters. The molecule has 1 aromatic carbocycles. The topological polar surface area (TPSA) is 45.1 Å². The molecule has 0 saturated heterocycles. The number of hydrogen-bond acceptors (Lipinski definition) is 3. The van der Waals surface area contributed by atoms with E-state index in [9.17, 15) is 5.11 Å². The molecule has 0 aliphatic carbocycles.